The van der Waals surface area contributed by atoms with Crippen molar-refractivity contribution in [1.82, 2.24) is 15.3 Å². The number of alkyl halides is 2. The van der Waals surface area contributed by atoms with Gasteiger partial charge >= 0.3 is 6.03 Å². The molecule has 1 aliphatic rings. The number of halogens is 2. The van der Waals surface area contributed by atoms with Crippen molar-refractivity contribution in [3.8, 4) is 0 Å². The van der Waals surface area contributed by atoms with E-state index in [0.29, 0.717) is 12.3 Å². The second kappa shape index (κ2) is 5.43. The molecule has 0 spiro atoms. The predicted octanol–water partition coefficient (Wildman–Crippen LogP) is 1.54. The highest BCUT2D eigenvalue weighted by atomic mass is 19.3. The third-order valence-electron chi connectivity index (χ3n) is 2.66. The zero-order valence-electron chi connectivity index (χ0n) is 10.3. The number of anilines is 1. The highest BCUT2D eigenvalue weighted by Crippen LogP contribution is 2.37. The number of hydrogen-bond donors (Lipinski definition) is 2. The van der Waals surface area contributed by atoms with E-state index in [-0.39, 0.29) is 18.8 Å². The normalized spacial score (nSPS) is 17.6. The summed E-state index contributed by atoms with van der Waals surface area (Å²) < 4.78 is 30.1. The minimum absolute atomic E-state index is 0.109. The quantitative estimate of drug-likeness (QED) is 0.871. The average Bonchev–Trinajstić information content (AvgIpc) is 2.27. The topological polar surface area (TPSA) is 76.1 Å². The van der Waals surface area contributed by atoms with Crippen molar-refractivity contribution in [2.75, 3.05) is 12.4 Å². The van der Waals surface area contributed by atoms with E-state index in [9.17, 15) is 13.6 Å². The Morgan fingerprint density at radius 1 is 1.58 bits per heavy atom. The van der Waals surface area contributed by atoms with E-state index < -0.39 is 18.0 Å². The predicted molar refractivity (Wildman–Crippen MR) is 62.9 cm³/mol. The fraction of sp³-hybridized carbons (Fsp3) is 0.545. The van der Waals surface area contributed by atoms with E-state index in [0.717, 1.165) is 0 Å². The first kappa shape index (κ1) is 13.6. The Kier molecular flexibility index (Phi) is 3.89. The molecule has 0 bridgehead atoms. The van der Waals surface area contributed by atoms with Gasteiger partial charge in [0.2, 0.25) is 5.95 Å². The average molecular weight is 272 g/mol. The number of urea groups is 1. The Morgan fingerprint density at radius 3 is 2.95 bits per heavy atom. The van der Waals surface area contributed by atoms with Crippen LogP contribution in [0, 0.1) is 0 Å². The number of aromatic nitrogens is 2. The summed E-state index contributed by atoms with van der Waals surface area (Å²) in [7, 11) is 1.53. The lowest BCUT2D eigenvalue weighted by molar-refractivity contribution is -0.0893. The van der Waals surface area contributed by atoms with Gasteiger partial charge in [0, 0.05) is 32.2 Å². The molecule has 1 heterocycles. The molecule has 2 rings (SSSR count). The first-order valence-electron chi connectivity index (χ1n) is 5.75. The Balaban J connectivity index is 1.83. The van der Waals surface area contributed by atoms with Gasteiger partial charge in [-0.05, 0) is 6.07 Å². The molecular weight excluding hydrogens is 258 g/mol. The molecule has 0 unspecified atom stereocenters. The van der Waals surface area contributed by atoms with Gasteiger partial charge in [-0.1, -0.05) is 0 Å². The number of rotatable bonds is 4. The molecular formula is C11H14F2N4O2. The Bertz CT molecular complexity index is 462. The summed E-state index contributed by atoms with van der Waals surface area (Å²) in [6.45, 7) is 0.299. The number of ether oxygens (including phenoxy) is 1. The SMILES string of the molecule is COCc1ccnc(NC(=O)NC2CC(F)(F)C2)n1. The monoisotopic (exact) mass is 272 g/mol. The summed E-state index contributed by atoms with van der Waals surface area (Å²) in [5, 5.41) is 4.83. The van der Waals surface area contributed by atoms with Gasteiger partial charge in [0.15, 0.2) is 0 Å². The lowest BCUT2D eigenvalue weighted by Gasteiger charge is -2.35. The van der Waals surface area contributed by atoms with Crippen LogP contribution in [0.4, 0.5) is 19.5 Å². The summed E-state index contributed by atoms with van der Waals surface area (Å²) in [5.74, 6) is -2.55. The van der Waals surface area contributed by atoms with Crippen molar-refractivity contribution >= 4 is 12.0 Å². The molecule has 0 saturated heterocycles. The highest BCUT2D eigenvalue weighted by molar-refractivity contribution is 5.87. The van der Waals surface area contributed by atoms with E-state index in [1.807, 2.05) is 0 Å². The highest BCUT2D eigenvalue weighted by Gasteiger charge is 2.45. The van der Waals surface area contributed by atoms with Gasteiger partial charge in [-0.25, -0.2) is 23.5 Å². The van der Waals surface area contributed by atoms with E-state index in [2.05, 4.69) is 20.6 Å². The summed E-state index contributed by atoms with van der Waals surface area (Å²) in [6.07, 6.45) is 0.824. The van der Waals surface area contributed by atoms with Crippen LogP contribution < -0.4 is 10.6 Å². The van der Waals surface area contributed by atoms with Crippen LogP contribution in [0.1, 0.15) is 18.5 Å². The zero-order valence-corrected chi connectivity index (χ0v) is 10.3. The maximum Gasteiger partial charge on any atom is 0.321 e. The lowest BCUT2D eigenvalue weighted by atomic mass is 9.88. The summed E-state index contributed by atoms with van der Waals surface area (Å²) in [5.41, 5.74) is 0.614. The molecule has 6 nitrogen and oxygen atoms in total. The van der Waals surface area contributed by atoms with Crippen LogP contribution in [-0.4, -0.2) is 35.1 Å². The van der Waals surface area contributed by atoms with Crippen LogP contribution >= 0.6 is 0 Å². The van der Waals surface area contributed by atoms with Gasteiger partial charge in [0.05, 0.1) is 12.3 Å². The summed E-state index contributed by atoms with van der Waals surface area (Å²) in [4.78, 5) is 19.4. The van der Waals surface area contributed by atoms with Crippen molar-refractivity contribution in [1.29, 1.82) is 0 Å². The third-order valence-corrected chi connectivity index (χ3v) is 2.66. The molecule has 19 heavy (non-hydrogen) atoms. The third kappa shape index (κ3) is 3.82. The van der Waals surface area contributed by atoms with E-state index in [1.54, 1.807) is 6.07 Å². The zero-order chi connectivity index (χ0) is 13.9. The van der Waals surface area contributed by atoms with Crippen LogP contribution in [0.3, 0.4) is 0 Å². The number of hydrogen-bond acceptors (Lipinski definition) is 4. The minimum Gasteiger partial charge on any atom is -0.378 e. The van der Waals surface area contributed by atoms with Crippen molar-refractivity contribution < 1.29 is 18.3 Å². The first-order valence-corrected chi connectivity index (χ1v) is 5.75. The van der Waals surface area contributed by atoms with Crippen molar-refractivity contribution in [2.24, 2.45) is 0 Å². The lowest BCUT2D eigenvalue weighted by Crippen LogP contribution is -2.51. The minimum atomic E-state index is -2.66. The fourth-order valence-corrected chi connectivity index (χ4v) is 1.77. The Hall–Kier alpha value is -1.83. The molecule has 104 valence electrons. The largest absolute Gasteiger partial charge is 0.378 e. The number of amides is 2. The van der Waals surface area contributed by atoms with E-state index in [4.69, 9.17) is 4.74 Å². The molecule has 1 aromatic rings. The smallest absolute Gasteiger partial charge is 0.321 e. The number of methoxy groups -OCH3 is 1. The fourth-order valence-electron chi connectivity index (χ4n) is 1.77. The maximum atomic E-state index is 12.6. The molecule has 8 heteroatoms. The second-order valence-electron chi connectivity index (χ2n) is 4.36. The van der Waals surface area contributed by atoms with Crippen LogP contribution in [0.2, 0.25) is 0 Å². The molecule has 1 aliphatic carbocycles. The van der Waals surface area contributed by atoms with E-state index >= 15 is 0 Å². The molecule has 2 N–H and O–H groups in total. The molecule has 0 aliphatic heterocycles. The van der Waals surface area contributed by atoms with Gasteiger partial charge in [-0.3, -0.25) is 5.32 Å². The van der Waals surface area contributed by atoms with Crippen LogP contribution in [-0.2, 0) is 11.3 Å². The number of nitrogens with zero attached hydrogens (tertiary/aromatic N) is 2. The summed E-state index contributed by atoms with van der Waals surface area (Å²) in [6, 6.07) is 0.561. The summed E-state index contributed by atoms with van der Waals surface area (Å²) >= 11 is 0. The Labute approximate surface area is 108 Å². The van der Waals surface area contributed by atoms with Crippen LogP contribution in [0.15, 0.2) is 12.3 Å². The first-order chi connectivity index (χ1) is 8.98. The number of carbonyl (C=O) groups is 1. The van der Waals surface area contributed by atoms with Gasteiger partial charge in [-0.15, -0.1) is 0 Å². The number of nitrogens with one attached hydrogen (secondary N) is 2. The van der Waals surface area contributed by atoms with Gasteiger partial charge in [-0.2, -0.15) is 0 Å². The molecule has 0 radical (unpaired) electrons. The second-order valence-corrected chi connectivity index (χ2v) is 4.36. The molecule has 1 fully saturated rings. The van der Waals surface area contributed by atoms with Crippen molar-refractivity contribution in [3.05, 3.63) is 18.0 Å². The van der Waals surface area contributed by atoms with Crippen molar-refractivity contribution in [2.45, 2.75) is 31.4 Å². The standard InChI is InChI=1S/C11H14F2N4O2/c1-19-6-7-2-3-14-9(15-7)17-10(18)16-8-4-11(12,13)5-8/h2-3,8H,4-6H2,1H3,(H2,14,15,16,17,18). The van der Waals surface area contributed by atoms with Crippen LogP contribution in [0.25, 0.3) is 0 Å². The number of carbonyl (C=O) groups excluding carboxylic acids is 1. The molecule has 1 saturated carbocycles. The van der Waals surface area contributed by atoms with Gasteiger partial charge < -0.3 is 10.1 Å². The molecule has 1 aromatic heterocycles. The molecule has 0 atom stereocenters. The Morgan fingerprint density at radius 2 is 2.32 bits per heavy atom. The molecule has 0 aromatic carbocycles. The van der Waals surface area contributed by atoms with Crippen molar-refractivity contribution in [3.63, 3.8) is 0 Å². The molecule has 2 amide bonds. The van der Waals surface area contributed by atoms with Crippen LogP contribution in [0.5, 0.6) is 0 Å². The maximum absolute atomic E-state index is 12.6. The van der Waals surface area contributed by atoms with Gasteiger partial charge in [0.1, 0.15) is 0 Å². The van der Waals surface area contributed by atoms with E-state index in [1.165, 1.54) is 13.3 Å². The van der Waals surface area contributed by atoms with Gasteiger partial charge in [0.25, 0.3) is 5.92 Å².